The maximum absolute atomic E-state index is 12.1. The van der Waals surface area contributed by atoms with Gasteiger partial charge >= 0.3 is 5.97 Å². The van der Waals surface area contributed by atoms with Gasteiger partial charge in [0.05, 0.1) is 7.11 Å². The molecule has 2 unspecified atom stereocenters. The second kappa shape index (κ2) is 12.3. The van der Waals surface area contributed by atoms with Gasteiger partial charge in [0, 0.05) is 46.1 Å². The Labute approximate surface area is 148 Å². The van der Waals surface area contributed by atoms with E-state index in [0.29, 0.717) is 25.8 Å². The minimum absolute atomic E-state index is 0. The van der Waals surface area contributed by atoms with Crippen molar-refractivity contribution in [1.29, 1.82) is 0 Å². The quantitative estimate of drug-likeness (QED) is 0.667. The van der Waals surface area contributed by atoms with Crippen molar-refractivity contribution in [3.05, 3.63) is 0 Å². The summed E-state index contributed by atoms with van der Waals surface area (Å²) in [4.78, 5) is 27.3. The molecule has 0 aromatic heterocycles. The number of hydrogen-bond donors (Lipinski definition) is 0. The van der Waals surface area contributed by atoms with E-state index in [2.05, 4.69) is 9.64 Å². The maximum Gasteiger partial charge on any atom is 0.305 e. The molecule has 24 heavy (non-hydrogen) atoms. The van der Waals surface area contributed by atoms with Crippen LogP contribution in [0.25, 0.3) is 0 Å². The van der Waals surface area contributed by atoms with E-state index in [-0.39, 0.29) is 19.3 Å². The molecule has 0 bridgehead atoms. The minimum atomic E-state index is -0.209. The van der Waals surface area contributed by atoms with E-state index >= 15 is 0 Å². The molecule has 2 rings (SSSR count). The predicted octanol–water partition coefficient (Wildman–Crippen LogP) is 3.18. The summed E-state index contributed by atoms with van der Waals surface area (Å²) in [5.41, 5.74) is 0. The van der Waals surface area contributed by atoms with Crippen molar-refractivity contribution < 1.29 is 14.3 Å². The molecule has 1 amide bonds. The van der Waals surface area contributed by atoms with E-state index in [1.807, 2.05) is 20.9 Å². The van der Waals surface area contributed by atoms with E-state index in [4.69, 9.17) is 0 Å². The van der Waals surface area contributed by atoms with Gasteiger partial charge < -0.3 is 14.5 Å². The third-order valence-corrected chi connectivity index (χ3v) is 4.97. The lowest BCUT2D eigenvalue weighted by atomic mass is 10.0. The number of amides is 1. The number of esters is 1. The van der Waals surface area contributed by atoms with Crippen LogP contribution in [0, 0.1) is 11.8 Å². The lowest BCUT2D eigenvalue weighted by Crippen LogP contribution is -2.32. The average Bonchev–Trinajstić information content (AvgIpc) is 3.15. The number of carbonyl (C=O) groups is 2. The smallest absolute Gasteiger partial charge is 0.305 e. The number of carbonyl (C=O) groups excluding carboxylic acids is 2. The molecule has 142 valence electrons. The van der Waals surface area contributed by atoms with Crippen LogP contribution < -0.4 is 0 Å². The van der Waals surface area contributed by atoms with E-state index in [9.17, 15) is 9.59 Å². The standard InChI is InChI=1S/C16H28N2O3.C2H6.CH4/c1-17(9-4-7-16(20)21-2)15(19)8-10-18-11-13-5-3-6-14(13)12-18;1-2;/h13-14H,3-12H2,1-2H3;1-2H3;1H4. The zero-order chi connectivity index (χ0) is 17.2. The normalized spacial score (nSPS) is 22.0. The molecular formula is C19H38N2O3. The third-order valence-electron chi connectivity index (χ3n) is 4.97. The van der Waals surface area contributed by atoms with Crippen LogP contribution in [-0.2, 0) is 14.3 Å². The lowest BCUT2D eigenvalue weighted by molar-refractivity contribution is -0.141. The summed E-state index contributed by atoms with van der Waals surface area (Å²) in [5, 5.41) is 0. The van der Waals surface area contributed by atoms with Gasteiger partial charge in [-0.25, -0.2) is 0 Å². The second-order valence-electron chi connectivity index (χ2n) is 6.46. The number of likely N-dealkylation sites (tertiary alicyclic amines) is 1. The molecule has 5 nitrogen and oxygen atoms in total. The van der Waals surface area contributed by atoms with E-state index in [0.717, 1.165) is 18.4 Å². The fourth-order valence-corrected chi connectivity index (χ4v) is 3.65. The number of fused-ring (bicyclic) bond motifs is 1. The van der Waals surface area contributed by atoms with Crippen LogP contribution in [-0.4, -0.2) is 62.0 Å². The first-order valence-electron chi connectivity index (χ1n) is 9.13. The van der Waals surface area contributed by atoms with Crippen molar-refractivity contribution >= 4 is 11.9 Å². The highest BCUT2D eigenvalue weighted by atomic mass is 16.5. The molecule has 0 radical (unpaired) electrons. The summed E-state index contributed by atoms with van der Waals surface area (Å²) in [6.07, 6.45) is 5.79. The Morgan fingerprint density at radius 3 is 2.25 bits per heavy atom. The molecule has 1 aliphatic heterocycles. The highest BCUT2D eigenvalue weighted by Crippen LogP contribution is 2.37. The highest BCUT2D eigenvalue weighted by Gasteiger charge is 2.35. The predicted molar refractivity (Wildman–Crippen MR) is 98.9 cm³/mol. The van der Waals surface area contributed by atoms with Gasteiger partial charge in [-0.1, -0.05) is 27.7 Å². The number of nitrogens with zero attached hydrogens (tertiary/aromatic N) is 2. The Hall–Kier alpha value is -1.10. The first-order valence-corrected chi connectivity index (χ1v) is 9.13. The van der Waals surface area contributed by atoms with Crippen LogP contribution in [0.3, 0.4) is 0 Å². The maximum atomic E-state index is 12.1. The van der Waals surface area contributed by atoms with Crippen LogP contribution in [0.5, 0.6) is 0 Å². The summed E-state index contributed by atoms with van der Waals surface area (Å²) < 4.78 is 4.59. The third kappa shape index (κ3) is 7.20. The van der Waals surface area contributed by atoms with Gasteiger partial charge in [0.1, 0.15) is 0 Å². The van der Waals surface area contributed by atoms with E-state index in [1.54, 1.807) is 4.90 Å². The first-order chi connectivity index (χ1) is 11.1. The second-order valence-corrected chi connectivity index (χ2v) is 6.46. The number of methoxy groups -OCH3 is 1. The summed E-state index contributed by atoms with van der Waals surface area (Å²) in [5.74, 6) is 1.74. The van der Waals surface area contributed by atoms with Gasteiger partial charge in [0.2, 0.25) is 5.91 Å². The van der Waals surface area contributed by atoms with Gasteiger partial charge in [-0.15, -0.1) is 0 Å². The van der Waals surface area contributed by atoms with Crippen LogP contribution >= 0.6 is 0 Å². The molecule has 1 aliphatic carbocycles. The van der Waals surface area contributed by atoms with Crippen molar-refractivity contribution in [2.24, 2.45) is 11.8 Å². The van der Waals surface area contributed by atoms with E-state index < -0.39 is 0 Å². The molecule has 1 heterocycles. The molecule has 2 fully saturated rings. The van der Waals surface area contributed by atoms with Crippen LogP contribution in [0.15, 0.2) is 0 Å². The zero-order valence-corrected chi connectivity index (χ0v) is 15.3. The Balaban J connectivity index is 0.00000170. The minimum Gasteiger partial charge on any atom is -0.469 e. The fraction of sp³-hybridized carbons (Fsp3) is 0.895. The van der Waals surface area contributed by atoms with E-state index in [1.165, 1.54) is 39.5 Å². The lowest BCUT2D eigenvalue weighted by Gasteiger charge is -2.20. The van der Waals surface area contributed by atoms with Crippen molar-refractivity contribution in [2.45, 2.75) is 59.8 Å². The molecule has 0 spiro atoms. The molecule has 2 aliphatic rings. The molecule has 5 heteroatoms. The molecule has 0 N–H and O–H groups in total. The van der Waals surface area contributed by atoms with Crippen LogP contribution in [0.1, 0.15) is 59.8 Å². The fourth-order valence-electron chi connectivity index (χ4n) is 3.65. The van der Waals surface area contributed by atoms with Gasteiger partial charge in [-0.3, -0.25) is 9.59 Å². The highest BCUT2D eigenvalue weighted by molar-refractivity contribution is 5.76. The summed E-state index contributed by atoms with van der Waals surface area (Å²) in [6, 6.07) is 0. The molecule has 0 aromatic rings. The van der Waals surface area contributed by atoms with Gasteiger partial charge in [-0.05, 0) is 31.1 Å². The molecular weight excluding hydrogens is 304 g/mol. The Kier molecular flexibility index (Phi) is 11.7. The topological polar surface area (TPSA) is 49.9 Å². The summed E-state index contributed by atoms with van der Waals surface area (Å²) in [7, 11) is 3.21. The Morgan fingerprint density at radius 1 is 1.12 bits per heavy atom. The monoisotopic (exact) mass is 342 g/mol. The van der Waals surface area contributed by atoms with Crippen molar-refractivity contribution in [1.82, 2.24) is 9.80 Å². The van der Waals surface area contributed by atoms with Crippen molar-refractivity contribution in [3.8, 4) is 0 Å². The number of rotatable bonds is 7. The SMILES string of the molecule is C.CC.COC(=O)CCCN(C)C(=O)CCN1CC2CCCC2C1. The van der Waals surface area contributed by atoms with Gasteiger partial charge in [0.25, 0.3) is 0 Å². The van der Waals surface area contributed by atoms with Crippen LogP contribution in [0.4, 0.5) is 0 Å². The largest absolute Gasteiger partial charge is 0.469 e. The van der Waals surface area contributed by atoms with Gasteiger partial charge in [-0.2, -0.15) is 0 Å². The molecule has 0 aromatic carbocycles. The summed E-state index contributed by atoms with van der Waals surface area (Å²) in [6.45, 7) is 7.88. The number of hydrogen-bond acceptors (Lipinski definition) is 4. The average molecular weight is 343 g/mol. The first kappa shape index (κ1) is 22.9. The van der Waals surface area contributed by atoms with Crippen molar-refractivity contribution in [2.75, 3.05) is 40.3 Å². The zero-order valence-electron chi connectivity index (χ0n) is 15.3. The molecule has 2 atom stereocenters. The Bertz CT molecular complexity index is 362. The van der Waals surface area contributed by atoms with Crippen LogP contribution in [0.2, 0.25) is 0 Å². The summed E-state index contributed by atoms with van der Waals surface area (Å²) >= 11 is 0. The number of ether oxygens (including phenoxy) is 1. The van der Waals surface area contributed by atoms with Crippen molar-refractivity contribution in [3.63, 3.8) is 0 Å². The molecule has 1 saturated carbocycles. The van der Waals surface area contributed by atoms with Gasteiger partial charge in [0.15, 0.2) is 0 Å². The Morgan fingerprint density at radius 2 is 1.71 bits per heavy atom. The molecule has 1 saturated heterocycles.